The average Bonchev–Trinajstić information content (AvgIpc) is 2.68. The zero-order valence-corrected chi connectivity index (χ0v) is 16.5. The number of carbonyl (C=O) groups excluding carboxylic acids is 1. The van der Waals surface area contributed by atoms with Gasteiger partial charge in [0.05, 0.1) is 38.8 Å². The van der Waals surface area contributed by atoms with Gasteiger partial charge in [0.15, 0.2) is 11.5 Å². The molecule has 0 radical (unpaired) electrons. The molecule has 1 unspecified atom stereocenters. The molecule has 1 aliphatic heterocycles. The predicted octanol–water partition coefficient (Wildman–Crippen LogP) is 2.46. The summed E-state index contributed by atoms with van der Waals surface area (Å²) in [6, 6.07) is 5.58. The standard InChI is InChI=1S/C20H29NO6/c1-5-20(6-2,14-7-8-16(25-3)17(11-14)26-4)19(24)21-9-10-27-15(13-21)12-18(22)23/h7-8,11,15H,5-6,9-10,12-13H2,1-4H3,(H,22,23). The van der Waals surface area contributed by atoms with Crippen molar-refractivity contribution in [1.82, 2.24) is 4.90 Å². The molecule has 1 atom stereocenters. The molecular weight excluding hydrogens is 350 g/mol. The van der Waals surface area contributed by atoms with E-state index in [4.69, 9.17) is 19.3 Å². The number of hydrogen-bond acceptors (Lipinski definition) is 5. The third kappa shape index (κ3) is 4.35. The first kappa shape index (κ1) is 21.0. The summed E-state index contributed by atoms with van der Waals surface area (Å²) in [7, 11) is 3.15. The Morgan fingerprint density at radius 1 is 1.22 bits per heavy atom. The van der Waals surface area contributed by atoms with Gasteiger partial charge in [-0.1, -0.05) is 19.9 Å². The number of methoxy groups -OCH3 is 2. The number of rotatable bonds is 8. The van der Waals surface area contributed by atoms with Gasteiger partial charge in [0.1, 0.15) is 0 Å². The Kier molecular flexibility index (Phi) is 7.07. The second kappa shape index (κ2) is 9.08. The molecule has 2 rings (SSSR count). The van der Waals surface area contributed by atoms with Crippen LogP contribution in [0.2, 0.25) is 0 Å². The SMILES string of the molecule is CCC(CC)(C(=O)N1CCOC(CC(=O)O)C1)c1ccc(OC)c(OC)c1. The van der Waals surface area contributed by atoms with Crippen LogP contribution >= 0.6 is 0 Å². The second-order valence-electron chi connectivity index (χ2n) is 6.70. The summed E-state index contributed by atoms with van der Waals surface area (Å²) in [5.41, 5.74) is 0.168. The van der Waals surface area contributed by atoms with Crippen molar-refractivity contribution < 1.29 is 28.9 Å². The van der Waals surface area contributed by atoms with Gasteiger partial charge in [-0.2, -0.15) is 0 Å². The monoisotopic (exact) mass is 379 g/mol. The van der Waals surface area contributed by atoms with Crippen LogP contribution in [0.1, 0.15) is 38.7 Å². The van der Waals surface area contributed by atoms with Crippen LogP contribution in [0, 0.1) is 0 Å². The highest BCUT2D eigenvalue weighted by atomic mass is 16.5. The lowest BCUT2D eigenvalue weighted by atomic mass is 9.74. The molecule has 7 heteroatoms. The molecule has 27 heavy (non-hydrogen) atoms. The maximum Gasteiger partial charge on any atom is 0.306 e. The summed E-state index contributed by atoms with van der Waals surface area (Å²) in [6.45, 7) is 5.09. The van der Waals surface area contributed by atoms with Gasteiger partial charge in [-0.25, -0.2) is 0 Å². The first-order valence-corrected chi connectivity index (χ1v) is 9.27. The summed E-state index contributed by atoms with van der Waals surface area (Å²) in [6.07, 6.45) is 0.667. The molecule has 1 aromatic carbocycles. The number of carboxylic acids is 1. The van der Waals surface area contributed by atoms with E-state index in [0.717, 1.165) is 5.56 Å². The molecule has 7 nitrogen and oxygen atoms in total. The molecule has 0 aromatic heterocycles. The van der Waals surface area contributed by atoms with E-state index in [2.05, 4.69) is 0 Å². The third-order valence-corrected chi connectivity index (χ3v) is 5.38. The van der Waals surface area contributed by atoms with E-state index in [1.165, 1.54) is 0 Å². The van der Waals surface area contributed by atoms with Crippen molar-refractivity contribution in [3.8, 4) is 11.5 Å². The predicted molar refractivity (Wildman–Crippen MR) is 100 cm³/mol. The number of nitrogens with zero attached hydrogens (tertiary/aromatic N) is 1. The van der Waals surface area contributed by atoms with Gasteiger partial charge in [-0.15, -0.1) is 0 Å². The van der Waals surface area contributed by atoms with E-state index in [0.29, 0.717) is 44.0 Å². The lowest BCUT2D eigenvalue weighted by Gasteiger charge is -2.40. The van der Waals surface area contributed by atoms with Crippen molar-refractivity contribution in [3.63, 3.8) is 0 Å². The lowest BCUT2D eigenvalue weighted by molar-refractivity contribution is -0.151. The normalized spacial score (nSPS) is 17.5. The van der Waals surface area contributed by atoms with Crippen molar-refractivity contribution in [2.45, 2.75) is 44.6 Å². The first-order valence-electron chi connectivity index (χ1n) is 9.27. The quantitative estimate of drug-likeness (QED) is 0.747. The van der Waals surface area contributed by atoms with Gasteiger partial charge >= 0.3 is 5.97 Å². The fraction of sp³-hybridized carbons (Fsp3) is 0.600. The summed E-state index contributed by atoms with van der Waals surface area (Å²) in [5, 5.41) is 9.02. The molecular formula is C20H29NO6. The number of morpholine rings is 1. The smallest absolute Gasteiger partial charge is 0.306 e. The molecule has 0 saturated carbocycles. The maximum atomic E-state index is 13.5. The van der Waals surface area contributed by atoms with Crippen LogP contribution in [-0.2, 0) is 19.7 Å². The highest BCUT2D eigenvalue weighted by Crippen LogP contribution is 2.39. The minimum absolute atomic E-state index is 0.00147. The Morgan fingerprint density at radius 2 is 1.89 bits per heavy atom. The van der Waals surface area contributed by atoms with Crippen molar-refractivity contribution in [2.75, 3.05) is 33.9 Å². The highest BCUT2D eigenvalue weighted by molar-refractivity contribution is 5.88. The largest absolute Gasteiger partial charge is 0.493 e. The van der Waals surface area contributed by atoms with E-state index < -0.39 is 17.5 Å². The Labute approximate surface area is 160 Å². The Bertz CT molecular complexity index is 670. The maximum absolute atomic E-state index is 13.5. The summed E-state index contributed by atoms with van der Waals surface area (Å²) >= 11 is 0. The fourth-order valence-electron chi connectivity index (χ4n) is 3.74. The van der Waals surface area contributed by atoms with E-state index in [1.807, 2.05) is 32.0 Å². The number of carboxylic acid groups (broad SMARTS) is 1. The fourth-order valence-corrected chi connectivity index (χ4v) is 3.74. The number of aliphatic carboxylic acids is 1. The van der Waals surface area contributed by atoms with E-state index in [9.17, 15) is 9.59 Å². The molecule has 1 aliphatic rings. The number of carbonyl (C=O) groups is 2. The molecule has 150 valence electrons. The number of benzene rings is 1. The topological polar surface area (TPSA) is 85.3 Å². The van der Waals surface area contributed by atoms with E-state index in [-0.39, 0.29) is 12.3 Å². The van der Waals surface area contributed by atoms with Crippen molar-refractivity contribution in [2.24, 2.45) is 0 Å². The van der Waals surface area contributed by atoms with E-state index >= 15 is 0 Å². The zero-order valence-electron chi connectivity index (χ0n) is 16.5. The Balaban J connectivity index is 2.34. The van der Waals surface area contributed by atoms with Crippen molar-refractivity contribution in [1.29, 1.82) is 0 Å². The molecule has 1 aromatic rings. The third-order valence-electron chi connectivity index (χ3n) is 5.38. The second-order valence-corrected chi connectivity index (χ2v) is 6.70. The van der Waals surface area contributed by atoms with Crippen LogP contribution in [0.5, 0.6) is 11.5 Å². The summed E-state index contributed by atoms with van der Waals surface area (Å²) < 4.78 is 16.2. The van der Waals surface area contributed by atoms with Crippen molar-refractivity contribution in [3.05, 3.63) is 23.8 Å². The average molecular weight is 379 g/mol. The van der Waals surface area contributed by atoms with Crippen LogP contribution in [0.15, 0.2) is 18.2 Å². The Morgan fingerprint density at radius 3 is 2.44 bits per heavy atom. The summed E-state index contributed by atoms with van der Waals surface area (Å²) in [5.74, 6) is 0.271. The molecule has 1 N–H and O–H groups in total. The van der Waals surface area contributed by atoms with E-state index in [1.54, 1.807) is 19.1 Å². The van der Waals surface area contributed by atoms with Crippen LogP contribution in [-0.4, -0.2) is 61.9 Å². The molecule has 0 aliphatic carbocycles. The molecule has 1 heterocycles. The highest BCUT2D eigenvalue weighted by Gasteiger charge is 2.41. The van der Waals surface area contributed by atoms with Gasteiger partial charge in [0.2, 0.25) is 5.91 Å². The van der Waals surface area contributed by atoms with Gasteiger partial charge in [-0.3, -0.25) is 9.59 Å². The molecule has 1 saturated heterocycles. The zero-order chi connectivity index (χ0) is 20.0. The van der Waals surface area contributed by atoms with Gasteiger partial charge in [-0.05, 0) is 30.5 Å². The van der Waals surface area contributed by atoms with Gasteiger partial charge in [0, 0.05) is 13.1 Å². The van der Waals surface area contributed by atoms with Crippen LogP contribution in [0.3, 0.4) is 0 Å². The first-order chi connectivity index (χ1) is 12.9. The molecule has 1 amide bonds. The van der Waals surface area contributed by atoms with Gasteiger partial charge in [0.25, 0.3) is 0 Å². The molecule has 0 spiro atoms. The molecule has 0 bridgehead atoms. The van der Waals surface area contributed by atoms with Crippen molar-refractivity contribution >= 4 is 11.9 Å². The number of amides is 1. The molecule has 1 fully saturated rings. The number of ether oxygens (including phenoxy) is 3. The van der Waals surface area contributed by atoms with Crippen LogP contribution in [0.4, 0.5) is 0 Å². The number of hydrogen-bond donors (Lipinski definition) is 1. The Hall–Kier alpha value is -2.28. The van der Waals surface area contributed by atoms with Gasteiger partial charge < -0.3 is 24.2 Å². The minimum Gasteiger partial charge on any atom is -0.493 e. The van der Waals surface area contributed by atoms with Crippen LogP contribution in [0.25, 0.3) is 0 Å². The van der Waals surface area contributed by atoms with Crippen LogP contribution < -0.4 is 9.47 Å². The minimum atomic E-state index is -0.925. The lowest BCUT2D eigenvalue weighted by Crippen LogP contribution is -2.53. The summed E-state index contributed by atoms with van der Waals surface area (Å²) in [4.78, 5) is 26.3.